The van der Waals surface area contributed by atoms with E-state index in [1.165, 1.54) is 0 Å². The first kappa shape index (κ1) is 16.7. The zero-order chi connectivity index (χ0) is 14.5. The minimum atomic E-state index is -4.50. The Morgan fingerprint density at radius 3 is 2.11 bits per heavy atom. The number of nitrogens with zero attached hydrogens (tertiary/aromatic N) is 1. The van der Waals surface area contributed by atoms with Crippen LogP contribution < -0.4 is 11.5 Å². The summed E-state index contributed by atoms with van der Waals surface area (Å²) in [6.07, 6.45) is -4.97. The maximum atomic E-state index is 12.3. The van der Waals surface area contributed by atoms with E-state index in [0.717, 1.165) is 0 Å². The van der Waals surface area contributed by atoms with Crippen molar-refractivity contribution in [2.45, 2.75) is 32.5 Å². The number of amides is 2. The average molecular weight is 269 g/mol. The first-order chi connectivity index (χ1) is 8.03. The number of hydrogen-bond donors (Lipinski definition) is 2. The highest BCUT2D eigenvalue weighted by Gasteiger charge is 2.35. The van der Waals surface area contributed by atoms with Crippen LogP contribution in [-0.2, 0) is 9.59 Å². The second-order valence-corrected chi connectivity index (χ2v) is 4.50. The van der Waals surface area contributed by atoms with E-state index in [4.69, 9.17) is 11.5 Å². The van der Waals surface area contributed by atoms with Gasteiger partial charge in [0.2, 0.25) is 11.8 Å². The van der Waals surface area contributed by atoms with E-state index in [2.05, 4.69) is 0 Å². The Bertz CT molecular complexity index is 305. The SMILES string of the molecule is CC(C)CN(CC(F)(F)F)C(=O)C(N)CC(N)=O. The van der Waals surface area contributed by atoms with Crippen molar-refractivity contribution in [1.82, 2.24) is 4.90 Å². The van der Waals surface area contributed by atoms with Crippen LogP contribution in [0.25, 0.3) is 0 Å². The molecule has 0 spiro atoms. The van der Waals surface area contributed by atoms with Crippen LogP contribution in [-0.4, -0.2) is 42.0 Å². The van der Waals surface area contributed by atoms with Gasteiger partial charge in [-0.1, -0.05) is 13.8 Å². The fourth-order valence-corrected chi connectivity index (χ4v) is 1.43. The molecule has 106 valence electrons. The molecule has 0 aliphatic heterocycles. The zero-order valence-corrected chi connectivity index (χ0v) is 10.3. The second-order valence-electron chi connectivity index (χ2n) is 4.50. The van der Waals surface area contributed by atoms with Gasteiger partial charge in [0.05, 0.1) is 12.5 Å². The van der Waals surface area contributed by atoms with E-state index < -0.39 is 37.0 Å². The number of primary amides is 1. The van der Waals surface area contributed by atoms with Gasteiger partial charge < -0.3 is 16.4 Å². The summed E-state index contributed by atoms with van der Waals surface area (Å²) in [5.74, 6) is -1.88. The average Bonchev–Trinajstić information content (AvgIpc) is 2.11. The van der Waals surface area contributed by atoms with E-state index in [-0.39, 0.29) is 12.5 Å². The summed E-state index contributed by atoms with van der Waals surface area (Å²) in [5, 5.41) is 0. The third-order valence-electron chi connectivity index (χ3n) is 2.01. The summed E-state index contributed by atoms with van der Waals surface area (Å²) in [4.78, 5) is 22.9. The number of halogens is 3. The molecule has 0 fully saturated rings. The molecule has 1 atom stereocenters. The molecule has 0 heterocycles. The van der Waals surface area contributed by atoms with Gasteiger partial charge >= 0.3 is 6.18 Å². The molecular weight excluding hydrogens is 251 g/mol. The molecule has 4 N–H and O–H groups in total. The first-order valence-electron chi connectivity index (χ1n) is 5.42. The maximum Gasteiger partial charge on any atom is 0.406 e. The van der Waals surface area contributed by atoms with E-state index >= 15 is 0 Å². The predicted molar refractivity (Wildman–Crippen MR) is 59.3 cm³/mol. The van der Waals surface area contributed by atoms with Gasteiger partial charge in [-0.2, -0.15) is 13.2 Å². The Morgan fingerprint density at radius 1 is 1.28 bits per heavy atom. The van der Waals surface area contributed by atoms with Gasteiger partial charge in [0.15, 0.2) is 0 Å². The van der Waals surface area contributed by atoms with Crippen LogP contribution in [0.3, 0.4) is 0 Å². The van der Waals surface area contributed by atoms with E-state index in [9.17, 15) is 22.8 Å². The summed E-state index contributed by atoms with van der Waals surface area (Å²) < 4.78 is 36.9. The van der Waals surface area contributed by atoms with Crippen molar-refractivity contribution >= 4 is 11.8 Å². The minimum absolute atomic E-state index is 0.0786. The normalized spacial score (nSPS) is 13.5. The van der Waals surface area contributed by atoms with Crippen molar-refractivity contribution < 1.29 is 22.8 Å². The Hall–Kier alpha value is -1.31. The smallest absolute Gasteiger partial charge is 0.370 e. The topological polar surface area (TPSA) is 89.4 Å². The number of carbonyl (C=O) groups excluding carboxylic acids is 2. The highest BCUT2D eigenvalue weighted by molar-refractivity contribution is 5.87. The molecule has 5 nitrogen and oxygen atoms in total. The summed E-state index contributed by atoms with van der Waals surface area (Å²) in [7, 11) is 0. The largest absolute Gasteiger partial charge is 0.406 e. The molecule has 1 unspecified atom stereocenters. The van der Waals surface area contributed by atoms with Crippen LogP contribution >= 0.6 is 0 Å². The lowest BCUT2D eigenvalue weighted by atomic mass is 10.1. The van der Waals surface area contributed by atoms with Gasteiger partial charge in [0, 0.05) is 6.54 Å². The van der Waals surface area contributed by atoms with Crippen LogP contribution in [0.4, 0.5) is 13.2 Å². The highest BCUT2D eigenvalue weighted by Crippen LogP contribution is 2.18. The Balaban J connectivity index is 4.73. The summed E-state index contributed by atoms with van der Waals surface area (Å²) >= 11 is 0. The van der Waals surface area contributed by atoms with Crippen LogP contribution in [0.1, 0.15) is 20.3 Å². The summed E-state index contributed by atoms with van der Waals surface area (Å²) in [6, 6.07) is -1.33. The standard InChI is InChI=1S/C10H18F3N3O2/c1-6(2)4-16(5-10(11,12)13)9(18)7(14)3-8(15)17/h6-7H,3-5,14H2,1-2H3,(H2,15,17). The molecular formula is C10H18F3N3O2. The van der Waals surface area contributed by atoms with Crippen LogP contribution in [0.5, 0.6) is 0 Å². The molecule has 18 heavy (non-hydrogen) atoms. The molecule has 0 aliphatic carbocycles. The lowest BCUT2D eigenvalue weighted by molar-refractivity contribution is -0.163. The molecule has 8 heteroatoms. The molecule has 0 radical (unpaired) electrons. The summed E-state index contributed by atoms with van der Waals surface area (Å²) in [6.45, 7) is 1.90. The molecule has 0 saturated carbocycles. The van der Waals surface area contributed by atoms with E-state index in [1.54, 1.807) is 13.8 Å². The minimum Gasteiger partial charge on any atom is -0.370 e. The van der Waals surface area contributed by atoms with Crippen LogP contribution in [0.15, 0.2) is 0 Å². The van der Waals surface area contributed by atoms with Gasteiger partial charge in [-0.05, 0) is 5.92 Å². The fraction of sp³-hybridized carbons (Fsp3) is 0.800. The van der Waals surface area contributed by atoms with E-state index in [1.807, 2.05) is 0 Å². The lowest BCUT2D eigenvalue weighted by Crippen LogP contribution is -2.49. The number of carbonyl (C=O) groups is 2. The summed E-state index contributed by atoms with van der Waals surface area (Å²) in [5.41, 5.74) is 10.2. The molecule has 0 bridgehead atoms. The molecule has 0 aromatic heterocycles. The van der Waals surface area contributed by atoms with Crippen LogP contribution in [0, 0.1) is 5.92 Å². The van der Waals surface area contributed by atoms with Gasteiger partial charge in [-0.25, -0.2) is 0 Å². The first-order valence-corrected chi connectivity index (χ1v) is 5.42. The molecule has 0 aromatic carbocycles. The molecule has 0 rings (SSSR count). The predicted octanol–water partition coefficient (Wildman–Crippen LogP) is 0.236. The van der Waals surface area contributed by atoms with E-state index in [0.29, 0.717) is 4.90 Å². The monoisotopic (exact) mass is 269 g/mol. The zero-order valence-electron chi connectivity index (χ0n) is 10.3. The number of rotatable bonds is 6. The maximum absolute atomic E-state index is 12.3. The van der Waals surface area contributed by atoms with Crippen molar-refractivity contribution in [3.8, 4) is 0 Å². The Labute approximate surface area is 103 Å². The van der Waals surface area contributed by atoms with Crippen molar-refractivity contribution in [3.05, 3.63) is 0 Å². The van der Waals surface area contributed by atoms with Gasteiger partial charge in [-0.3, -0.25) is 9.59 Å². The molecule has 0 saturated heterocycles. The third kappa shape index (κ3) is 7.10. The highest BCUT2D eigenvalue weighted by atomic mass is 19.4. The number of nitrogens with two attached hydrogens (primary N) is 2. The van der Waals surface area contributed by atoms with Gasteiger partial charge in [0.25, 0.3) is 0 Å². The Morgan fingerprint density at radius 2 is 1.78 bits per heavy atom. The van der Waals surface area contributed by atoms with Gasteiger partial charge in [0.1, 0.15) is 6.54 Å². The number of alkyl halides is 3. The lowest BCUT2D eigenvalue weighted by Gasteiger charge is -2.27. The quantitative estimate of drug-likeness (QED) is 0.723. The number of hydrogen-bond acceptors (Lipinski definition) is 3. The van der Waals surface area contributed by atoms with Crippen molar-refractivity contribution in [3.63, 3.8) is 0 Å². The van der Waals surface area contributed by atoms with Gasteiger partial charge in [-0.15, -0.1) is 0 Å². The molecule has 2 amide bonds. The second kappa shape index (κ2) is 6.58. The van der Waals surface area contributed by atoms with Crippen molar-refractivity contribution in [2.24, 2.45) is 17.4 Å². The van der Waals surface area contributed by atoms with Crippen molar-refractivity contribution in [1.29, 1.82) is 0 Å². The van der Waals surface area contributed by atoms with Crippen LogP contribution in [0.2, 0.25) is 0 Å². The van der Waals surface area contributed by atoms with Crippen molar-refractivity contribution in [2.75, 3.05) is 13.1 Å². The third-order valence-corrected chi connectivity index (χ3v) is 2.01. The fourth-order valence-electron chi connectivity index (χ4n) is 1.43. The molecule has 0 aliphatic rings. The Kier molecular flexibility index (Phi) is 6.10. The molecule has 0 aromatic rings.